The molecule has 0 saturated carbocycles. The van der Waals surface area contributed by atoms with Crippen LogP contribution in [0.5, 0.6) is 0 Å². The summed E-state index contributed by atoms with van der Waals surface area (Å²) >= 11 is 0. The van der Waals surface area contributed by atoms with Crippen molar-refractivity contribution in [3.8, 4) is 0 Å². The Morgan fingerprint density at radius 3 is 1.94 bits per heavy atom. The minimum atomic E-state index is 0.926. The zero-order chi connectivity index (χ0) is 12.8. The second kappa shape index (κ2) is 13.8. The Morgan fingerprint density at radius 2 is 1.35 bits per heavy atom. The fourth-order valence-corrected chi connectivity index (χ4v) is 2.38. The molecular formula is C17H34. The molecule has 0 aromatic rings. The first-order valence-electron chi connectivity index (χ1n) is 7.92. The first kappa shape index (κ1) is 16.7. The largest absolute Gasteiger partial charge is 0.103 e. The Kier molecular flexibility index (Phi) is 13.6. The highest BCUT2D eigenvalue weighted by atomic mass is 14.1. The lowest BCUT2D eigenvalue weighted by Crippen LogP contribution is -1.94. The molecule has 0 spiro atoms. The average molecular weight is 238 g/mol. The van der Waals surface area contributed by atoms with Gasteiger partial charge in [-0.2, -0.15) is 0 Å². The molecule has 0 saturated heterocycles. The van der Waals surface area contributed by atoms with Gasteiger partial charge in [-0.3, -0.25) is 0 Å². The molecule has 1 atom stereocenters. The van der Waals surface area contributed by atoms with Gasteiger partial charge in [0.1, 0.15) is 0 Å². The molecule has 0 heterocycles. The summed E-state index contributed by atoms with van der Waals surface area (Å²) in [5.74, 6) is 0.926. The van der Waals surface area contributed by atoms with Crippen molar-refractivity contribution in [3.63, 3.8) is 0 Å². The minimum Gasteiger partial charge on any atom is -0.103 e. The molecule has 0 aliphatic rings. The lowest BCUT2D eigenvalue weighted by molar-refractivity contribution is 0.444. The fraction of sp³-hybridized carbons (Fsp3) is 0.882. The second-order valence-corrected chi connectivity index (χ2v) is 5.59. The van der Waals surface area contributed by atoms with Crippen LogP contribution in [0, 0.1) is 5.92 Å². The topological polar surface area (TPSA) is 0 Å². The summed E-state index contributed by atoms with van der Waals surface area (Å²) in [6.07, 6.45) is 18.9. The van der Waals surface area contributed by atoms with E-state index in [1.807, 2.05) is 6.08 Å². The first-order valence-corrected chi connectivity index (χ1v) is 7.92. The summed E-state index contributed by atoms with van der Waals surface area (Å²) in [4.78, 5) is 0. The summed E-state index contributed by atoms with van der Waals surface area (Å²) in [7, 11) is 0. The molecule has 0 heteroatoms. The van der Waals surface area contributed by atoms with Gasteiger partial charge in [-0.05, 0) is 18.8 Å². The zero-order valence-electron chi connectivity index (χ0n) is 12.3. The van der Waals surface area contributed by atoms with Crippen LogP contribution in [0.4, 0.5) is 0 Å². The molecule has 1 unspecified atom stereocenters. The van der Waals surface area contributed by atoms with Crippen molar-refractivity contribution in [2.45, 2.75) is 90.9 Å². The third-order valence-corrected chi connectivity index (χ3v) is 3.66. The summed E-state index contributed by atoms with van der Waals surface area (Å²) in [6.45, 7) is 8.47. The average Bonchev–Trinajstić information content (AvgIpc) is 2.33. The first-order chi connectivity index (χ1) is 8.31. The number of rotatable bonds is 13. The third-order valence-electron chi connectivity index (χ3n) is 3.66. The van der Waals surface area contributed by atoms with Gasteiger partial charge in [-0.15, -0.1) is 6.58 Å². The van der Waals surface area contributed by atoms with Crippen LogP contribution in [0.15, 0.2) is 12.7 Å². The van der Waals surface area contributed by atoms with E-state index in [1.54, 1.807) is 0 Å². The van der Waals surface area contributed by atoms with E-state index in [4.69, 9.17) is 0 Å². The highest BCUT2D eigenvalue weighted by Crippen LogP contribution is 2.17. The van der Waals surface area contributed by atoms with Crippen molar-refractivity contribution in [1.82, 2.24) is 0 Å². The molecule has 102 valence electrons. The predicted molar refractivity (Wildman–Crippen MR) is 80.4 cm³/mol. The smallest absolute Gasteiger partial charge is 0.0353 e. The van der Waals surface area contributed by atoms with Crippen LogP contribution in [0.1, 0.15) is 90.9 Å². The maximum Gasteiger partial charge on any atom is -0.0353 e. The molecule has 0 aromatic carbocycles. The SMILES string of the molecule is C=CCCCC(C)CCCCCCCCCC. The van der Waals surface area contributed by atoms with Crippen LogP contribution in [0.2, 0.25) is 0 Å². The Balaban J connectivity index is 3.08. The van der Waals surface area contributed by atoms with Gasteiger partial charge < -0.3 is 0 Å². The molecule has 17 heavy (non-hydrogen) atoms. The van der Waals surface area contributed by atoms with Crippen molar-refractivity contribution >= 4 is 0 Å². The Bertz CT molecular complexity index is 148. The Labute approximate surface area is 110 Å². The predicted octanol–water partition coefficient (Wildman–Crippen LogP) is 6.51. The summed E-state index contributed by atoms with van der Waals surface area (Å²) in [5.41, 5.74) is 0. The lowest BCUT2D eigenvalue weighted by Gasteiger charge is -2.10. The highest BCUT2D eigenvalue weighted by molar-refractivity contribution is 4.66. The normalized spacial score (nSPS) is 12.6. The summed E-state index contributed by atoms with van der Waals surface area (Å²) < 4.78 is 0. The van der Waals surface area contributed by atoms with Crippen LogP contribution >= 0.6 is 0 Å². The minimum absolute atomic E-state index is 0.926. The van der Waals surface area contributed by atoms with E-state index in [9.17, 15) is 0 Å². The van der Waals surface area contributed by atoms with E-state index >= 15 is 0 Å². The Hall–Kier alpha value is -0.260. The summed E-state index contributed by atoms with van der Waals surface area (Å²) in [6, 6.07) is 0. The maximum absolute atomic E-state index is 3.77. The van der Waals surface area contributed by atoms with Gasteiger partial charge in [0.15, 0.2) is 0 Å². The molecule has 0 bridgehead atoms. The van der Waals surface area contributed by atoms with Crippen molar-refractivity contribution < 1.29 is 0 Å². The molecule has 0 N–H and O–H groups in total. The van der Waals surface area contributed by atoms with Gasteiger partial charge in [0.05, 0.1) is 0 Å². The van der Waals surface area contributed by atoms with E-state index in [-0.39, 0.29) is 0 Å². The van der Waals surface area contributed by atoms with E-state index in [0.717, 1.165) is 5.92 Å². The Morgan fingerprint density at radius 1 is 0.824 bits per heavy atom. The monoisotopic (exact) mass is 238 g/mol. The van der Waals surface area contributed by atoms with Crippen LogP contribution < -0.4 is 0 Å². The fourth-order valence-electron chi connectivity index (χ4n) is 2.38. The maximum atomic E-state index is 3.77. The van der Waals surface area contributed by atoms with Crippen LogP contribution in [-0.2, 0) is 0 Å². The lowest BCUT2D eigenvalue weighted by atomic mass is 9.96. The van der Waals surface area contributed by atoms with Crippen molar-refractivity contribution in [2.24, 2.45) is 5.92 Å². The molecule has 0 rings (SSSR count). The molecule has 0 fully saturated rings. The van der Waals surface area contributed by atoms with Gasteiger partial charge in [-0.25, -0.2) is 0 Å². The summed E-state index contributed by atoms with van der Waals surface area (Å²) in [5, 5.41) is 0. The molecule has 0 nitrogen and oxygen atoms in total. The number of hydrogen-bond acceptors (Lipinski definition) is 0. The van der Waals surface area contributed by atoms with Gasteiger partial charge >= 0.3 is 0 Å². The number of hydrogen-bond donors (Lipinski definition) is 0. The van der Waals surface area contributed by atoms with Crippen molar-refractivity contribution in [2.75, 3.05) is 0 Å². The van der Waals surface area contributed by atoms with Crippen molar-refractivity contribution in [3.05, 3.63) is 12.7 Å². The molecule has 0 aliphatic heterocycles. The third kappa shape index (κ3) is 13.7. The van der Waals surface area contributed by atoms with Crippen LogP contribution in [0.25, 0.3) is 0 Å². The van der Waals surface area contributed by atoms with E-state index in [1.165, 1.54) is 77.0 Å². The molecule has 0 aromatic heterocycles. The van der Waals surface area contributed by atoms with Gasteiger partial charge in [-0.1, -0.05) is 84.1 Å². The second-order valence-electron chi connectivity index (χ2n) is 5.59. The molecule has 0 aliphatic carbocycles. The van der Waals surface area contributed by atoms with Crippen LogP contribution in [0.3, 0.4) is 0 Å². The quantitative estimate of drug-likeness (QED) is 0.253. The van der Waals surface area contributed by atoms with Gasteiger partial charge in [0, 0.05) is 0 Å². The van der Waals surface area contributed by atoms with E-state index in [2.05, 4.69) is 20.4 Å². The van der Waals surface area contributed by atoms with Gasteiger partial charge in [0.2, 0.25) is 0 Å². The van der Waals surface area contributed by atoms with E-state index in [0.29, 0.717) is 0 Å². The van der Waals surface area contributed by atoms with E-state index < -0.39 is 0 Å². The highest BCUT2D eigenvalue weighted by Gasteiger charge is 2.01. The molecular weight excluding hydrogens is 204 g/mol. The standard InChI is InChI=1S/C17H34/c1-4-6-8-9-10-11-12-14-16-17(3)15-13-7-5-2/h5,17H,2,4,6-16H2,1,3H3. The van der Waals surface area contributed by atoms with Crippen molar-refractivity contribution in [1.29, 1.82) is 0 Å². The molecule has 0 radical (unpaired) electrons. The zero-order valence-corrected chi connectivity index (χ0v) is 12.3. The van der Waals surface area contributed by atoms with Gasteiger partial charge in [0.25, 0.3) is 0 Å². The number of allylic oxidation sites excluding steroid dienone is 1. The number of unbranched alkanes of at least 4 members (excludes halogenated alkanes) is 8. The van der Waals surface area contributed by atoms with Crippen LogP contribution in [-0.4, -0.2) is 0 Å². The molecule has 0 amide bonds.